The summed E-state index contributed by atoms with van der Waals surface area (Å²) in [6.07, 6.45) is 4.90. The highest BCUT2D eigenvalue weighted by Crippen LogP contribution is 2.53. The second-order valence-corrected chi connectivity index (χ2v) is 6.27. The Morgan fingerprint density at radius 2 is 1.89 bits per heavy atom. The second-order valence-electron chi connectivity index (χ2n) is 5.42. The van der Waals surface area contributed by atoms with E-state index in [2.05, 4.69) is 15.9 Å². The molecule has 1 aliphatic heterocycles. The van der Waals surface area contributed by atoms with E-state index in [1.165, 1.54) is 25.0 Å². The van der Waals surface area contributed by atoms with Crippen LogP contribution in [0.2, 0.25) is 0 Å². The van der Waals surface area contributed by atoms with E-state index in [0.29, 0.717) is 15.5 Å². The smallest absolute Gasteiger partial charge is 0.255 e. The summed E-state index contributed by atoms with van der Waals surface area (Å²) in [6.45, 7) is 1.67. The van der Waals surface area contributed by atoms with Crippen molar-refractivity contribution in [3.8, 4) is 0 Å². The lowest BCUT2D eigenvalue weighted by molar-refractivity contribution is 0.0677. The molecule has 1 spiro atoms. The van der Waals surface area contributed by atoms with Gasteiger partial charge in [-0.05, 0) is 65.2 Å². The molecule has 0 bridgehead atoms. The van der Waals surface area contributed by atoms with Gasteiger partial charge in [-0.3, -0.25) is 4.79 Å². The minimum absolute atomic E-state index is 0.0115. The molecule has 2 nitrogen and oxygen atoms in total. The summed E-state index contributed by atoms with van der Waals surface area (Å²) in [7, 11) is 0. The lowest BCUT2D eigenvalue weighted by atomic mass is 9.93. The van der Waals surface area contributed by atoms with Crippen LogP contribution in [0.3, 0.4) is 0 Å². The Labute approximate surface area is 114 Å². The molecule has 18 heavy (non-hydrogen) atoms. The van der Waals surface area contributed by atoms with Crippen LogP contribution in [0.4, 0.5) is 4.39 Å². The van der Waals surface area contributed by atoms with E-state index in [0.717, 1.165) is 25.9 Å². The highest BCUT2D eigenvalue weighted by Gasteiger charge is 2.45. The van der Waals surface area contributed by atoms with Crippen molar-refractivity contribution in [3.63, 3.8) is 0 Å². The van der Waals surface area contributed by atoms with Gasteiger partial charge in [0.15, 0.2) is 0 Å². The van der Waals surface area contributed by atoms with Crippen LogP contribution in [0.5, 0.6) is 0 Å². The maximum Gasteiger partial charge on any atom is 0.255 e. The van der Waals surface area contributed by atoms with Crippen LogP contribution in [0.15, 0.2) is 22.7 Å². The normalized spacial score (nSPS) is 21.1. The summed E-state index contributed by atoms with van der Waals surface area (Å²) in [5.74, 6) is -0.314. The summed E-state index contributed by atoms with van der Waals surface area (Å²) in [4.78, 5) is 14.2. The fraction of sp³-hybridized carbons (Fsp3) is 0.500. The van der Waals surface area contributed by atoms with Crippen LogP contribution >= 0.6 is 15.9 Å². The standard InChI is InChI=1S/C14H15BrFNO/c15-12-9-10(16)1-2-11(12)13(18)17-7-5-14(3-4-14)6-8-17/h1-2,9H,3-8H2. The van der Waals surface area contributed by atoms with Crippen molar-refractivity contribution in [2.75, 3.05) is 13.1 Å². The third-order valence-corrected chi connectivity index (χ3v) is 4.89. The van der Waals surface area contributed by atoms with Crippen molar-refractivity contribution in [2.24, 2.45) is 5.41 Å². The number of rotatable bonds is 1. The van der Waals surface area contributed by atoms with Gasteiger partial charge >= 0.3 is 0 Å². The third kappa shape index (κ3) is 2.18. The second kappa shape index (κ2) is 4.34. The number of halogens is 2. The number of hydrogen-bond donors (Lipinski definition) is 0. The first kappa shape index (κ1) is 12.2. The predicted octanol–water partition coefficient (Wildman–Crippen LogP) is 3.60. The maximum absolute atomic E-state index is 13.0. The van der Waals surface area contributed by atoms with Gasteiger partial charge in [0, 0.05) is 17.6 Å². The van der Waals surface area contributed by atoms with E-state index in [4.69, 9.17) is 0 Å². The topological polar surface area (TPSA) is 20.3 Å². The Hall–Kier alpha value is -0.900. The van der Waals surface area contributed by atoms with E-state index >= 15 is 0 Å². The zero-order chi connectivity index (χ0) is 12.8. The summed E-state index contributed by atoms with van der Waals surface area (Å²) in [6, 6.07) is 4.24. The summed E-state index contributed by atoms with van der Waals surface area (Å²) >= 11 is 3.26. The molecule has 1 aliphatic carbocycles. The fourth-order valence-corrected chi connectivity index (χ4v) is 3.21. The molecule has 2 aliphatic rings. The maximum atomic E-state index is 13.0. The van der Waals surface area contributed by atoms with Crippen LogP contribution in [0.1, 0.15) is 36.0 Å². The van der Waals surface area contributed by atoms with Crippen molar-refractivity contribution in [1.82, 2.24) is 4.90 Å². The van der Waals surface area contributed by atoms with Crippen molar-refractivity contribution in [3.05, 3.63) is 34.1 Å². The molecule has 1 aromatic rings. The molecular weight excluding hydrogens is 297 g/mol. The van der Waals surface area contributed by atoms with Gasteiger partial charge in [-0.2, -0.15) is 0 Å². The minimum atomic E-state index is -0.325. The van der Waals surface area contributed by atoms with Gasteiger partial charge in [0.25, 0.3) is 5.91 Å². The van der Waals surface area contributed by atoms with E-state index in [9.17, 15) is 9.18 Å². The van der Waals surface area contributed by atoms with Gasteiger partial charge in [0.05, 0.1) is 5.56 Å². The number of nitrogens with zero attached hydrogens (tertiary/aromatic N) is 1. The van der Waals surface area contributed by atoms with Gasteiger partial charge in [-0.1, -0.05) is 0 Å². The quantitative estimate of drug-likeness (QED) is 0.776. The number of carbonyl (C=O) groups is 1. The molecule has 4 heteroatoms. The van der Waals surface area contributed by atoms with Crippen molar-refractivity contribution < 1.29 is 9.18 Å². The van der Waals surface area contributed by atoms with E-state index in [1.807, 2.05) is 4.90 Å². The molecule has 1 amide bonds. The number of amides is 1. The molecule has 1 heterocycles. The molecule has 96 valence electrons. The summed E-state index contributed by atoms with van der Waals surface area (Å²) in [5.41, 5.74) is 1.12. The van der Waals surface area contributed by atoms with E-state index in [1.54, 1.807) is 6.07 Å². The first-order chi connectivity index (χ1) is 8.60. The lowest BCUT2D eigenvalue weighted by Crippen LogP contribution is -2.39. The zero-order valence-corrected chi connectivity index (χ0v) is 11.7. The monoisotopic (exact) mass is 311 g/mol. The van der Waals surface area contributed by atoms with E-state index < -0.39 is 0 Å². The van der Waals surface area contributed by atoms with Crippen LogP contribution in [0.25, 0.3) is 0 Å². The van der Waals surface area contributed by atoms with Gasteiger partial charge in [-0.15, -0.1) is 0 Å². The van der Waals surface area contributed by atoms with Crippen molar-refractivity contribution >= 4 is 21.8 Å². The number of carbonyl (C=O) groups excluding carboxylic acids is 1. The minimum Gasteiger partial charge on any atom is -0.339 e. The molecule has 2 fully saturated rings. The molecule has 0 unspecified atom stereocenters. The first-order valence-corrected chi connectivity index (χ1v) is 7.13. The lowest BCUT2D eigenvalue weighted by Gasteiger charge is -2.32. The van der Waals surface area contributed by atoms with Crippen LogP contribution in [0, 0.1) is 11.2 Å². The molecular formula is C14H15BrFNO. The molecule has 0 radical (unpaired) electrons. The SMILES string of the molecule is O=C(c1ccc(F)cc1Br)N1CCC2(CC1)CC2. The Bertz CT molecular complexity index is 489. The molecule has 0 N–H and O–H groups in total. The van der Waals surface area contributed by atoms with Crippen molar-refractivity contribution in [1.29, 1.82) is 0 Å². The van der Waals surface area contributed by atoms with Crippen LogP contribution in [-0.4, -0.2) is 23.9 Å². The molecule has 0 aromatic heterocycles. The predicted molar refractivity (Wildman–Crippen MR) is 70.9 cm³/mol. The Morgan fingerprint density at radius 1 is 1.22 bits per heavy atom. The van der Waals surface area contributed by atoms with E-state index in [-0.39, 0.29) is 11.7 Å². The molecule has 3 rings (SSSR count). The van der Waals surface area contributed by atoms with Crippen LogP contribution in [-0.2, 0) is 0 Å². The zero-order valence-electron chi connectivity index (χ0n) is 10.1. The summed E-state index contributed by atoms with van der Waals surface area (Å²) in [5, 5.41) is 0. The average molecular weight is 312 g/mol. The highest BCUT2D eigenvalue weighted by molar-refractivity contribution is 9.10. The first-order valence-electron chi connectivity index (χ1n) is 6.34. The number of likely N-dealkylation sites (tertiary alicyclic amines) is 1. The fourth-order valence-electron chi connectivity index (χ4n) is 2.69. The molecule has 1 saturated carbocycles. The Kier molecular flexibility index (Phi) is 2.93. The number of hydrogen-bond acceptors (Lipinski definition) is 1. The van der Waals surface area contributed by atoms with Gasteiger partial charge in [0.2, 0.25) is 0 Å². The van der Waals surface area contributed by atoms with Gasteiger partial charge in [0.1, 0.15) is 5.82 Å². The van der Waals surface area contributed by atoms with Crippen molar-refractivity contribution in [2.45, 2.75) is 25.7 Å². The molecule has 1 aromatic carbocycles. The Balaban J connectivity index is 1.74. The number of piperidine rings is 1. The molecule has 1 saturated heterocycles. The van der Waals surface area contributed by atoms with Gasteiger partial charge < -0.3 is 4.90 Å². The largest absolute Gasteiger partial charge is 0.339 e. The average Bonchev–Trinajstić information content (AvgIpc) is 3.09. The number of benzene rings is 1. The molecule has 0 atom stereocenters. The van der Waals surface area contributed by atoms with Gasteiger partial charge in [-0.25, -0.2) is 4.39 Å². The van der Waals surface area contributed by atoms with Crippen LogP contribution < -0.4 is 0 Å². The summed E-state index contributed by atoms with van der Waals surface area (Å²) < 4.78 is 13.5. The third-order valence-electron chi connectivity index (χ3n) is 4.23. The Morgan fingerprint density at radius 3 is 2.44 bits per heavy atom. The highest BCUT2D eigenvalue weighted by atomic mass is 79.9.